The number of nitrogens with one attached hydrogen (secondary N) is 1. The molecule has 0 aliphatic rings. The summed E-state index contributed by atoms with van der Waals surface area (Å²) in [5.74, 6) is 0. The Morgan fingerprint density at radius 2 is 2.00 bits per heavy atom. The zero-order valence-electron chi connectivity index (χ0n) is 7.03. The molecule has 12 heavy (non-hydrogen) atoms. The van der Waals surface area contributed by atoms with Crippen molar-refractivity contribution in [3.8, 4) is 0 Å². The van der Waals surface area contributed by atoms with Crippen LogP contribution in [0, 0.1) is 6.92 Å². The van der Waals surface area contributed by atoms with E-state index in [1.165, 1.54) is 0 Å². The van der Waals surface area contributed by atoms with Gasteiger partial charge < -0.3 is 10.4 Å². The number of rotatable bonds is 4. The minimum Gasteiger partial charge on any atom is -0.395 e. The molecule has 0 fully saturated rings. The Labute approximate surface area is 73.2 Å². The Morgan fingerprint density at radius 3 is 2.58 bits per heavy atom. The molecule has 1 atom stereocenters. The molecule has 1 aromatic rings. The van der Waals surface area contributed by atoms with Gasteiger partial charge >= 0.3 is 0 Å². The normalized spacial score (nSPS) is 12.8. The Morgan fingerprint density at radius 1 is 1.33 bits per heavy atom. The molecule has 2 heteroatoms. The van der Waals surface area contributed by atoms with Gasteiger partial charge in [0.1, 0.15) is 0 Å². The maximum atomic E-state index is 8.57. The van der Waals surface area contributed by atoms with Crippen LogP contribution in [0.2, 0.25) is 0 Å². The van der Waals surface area contributed by atoms with E-state index in [0.717, 1.165) is 5.56 Å². The van der Waals surface area contributed by atoms with Crippen molar-refractivity contribution in [3.63, 3.8) is 0 Å². The van der Waals surface area contributed by atoms with E-state index in [4.69, 9.17) is 5.11 Å². The molecule has 0 aliphatic carbocycles. The van der Waals surface area contributed by atoms with Crippen LogP contribution in [0.1, 0.15) is 11.6 Å². The van der Waals surface area contributed by atoms with Crippen molar-refractivity contribution in [3.05, 3.63) is 42.8 Å². The van der Waals surface area contributed by atoms with Gasteiger partial charge in [-0.15, -0.1) is 0 Å². The molecule has 0 bridgehead atoms. The summed E-state index contributed by atoms with van der Waals surface area (Å²) in [6.45, 7) is 4.66. The van der Waals surface area contributed by atoms with Crippen LogP contribution in [0.15, 0.2) is 30.3 Å². The smallest absolute Gasteiger partial charge is 0.0556 e. The number of hydrogen-bond donors (Lipinski definition) is 2. The molecule has 1 rings (SSSR count). The van der Waals surface area contributed by atoms with Crippen molar-refractivity contribution in [1.29, 1.82) is 0 Å². The highest BCUT2D eigenvalue weighted by molar-refractivity contribution is 5.19. The van der Waals surface area contributed by atoms with Crippen LogP contribution in [0.5, 0.6) is 0 Å². The van der Waals surface area contributed by atoms with Gasteiger partial charge in [0.25, 0.3) is 0 Å². The van der Waals surface area contributed by atoms with Gasteiger partial charge in [-0.3, -0.25) is 0 Å². The van der Waals surface area contributed by atoms with Crippen LogP contribution in [0.25, 0.3) is 0 Å². The lowest BCUT2D eigenvalue weighted by Crippen LogP contribution is -2.22. The Kier molecular flexibility index (Phi) is 3.77. The third-order valence-corrected chi connectivity index (χ3v) is 1.70. The predicted octanol–water partition coefficient (Wildman–Crippen LogP) is 1.14. The summed E-state index contributed by atoms with van der Waals surface area (Å²) in [4.78, 5) is 0. The Hall–Kier alpha value is -0.860. The van der Waals surface area contributed by atoms with Gasteiger partial charge in [0.15, 0.2) is 0 Å². The molecule has 2 N–H and O–H groups in total. The van der Waals surface area contributed by atoms with Crippen LogP contribution in [0.3, 0.4) is 0 Å². The van der Waals surface area contributed by atoms with Gasteiger partial charge in [0.2, 0.25) is 0 Å². The molecular formula is C10H14NO. The van der Waals surface area contributed by atoms with Crippen molar-refractivity contribution >= 4 is 0 Å². The van der Waals surface area contributed by atoms with E-state index in [1.807, 2.05) is 30.3 Å². The Balaban J connectivity index is 2.48. The molecule has 0 aromatic heterocycles. The summed E-state index contributed by atoms with van der Waals surface area (Å²) in [6.07, 6.45) is 0. The van der Waals surface area contributed by atoms with Crippen molar-refractivity contribution in [2.24, 2.45) is 0 Å². The highest BCUT2D eigenvalue weighted by Crippen LogP contribution is 2.09. The van der Waals surface area contributed by atoms with Gasteiger partial charge in [-0.2, -0.15) is 0 Å². The van der Waals surface area contributed by atoms with Gasteiger partial charge in [-0.1, -0.05) is 30.3 Å². The number of aliphatic hydroxyl groups excluding tert-OH is 1. The minimum atomic E-state index is 0.0679. The Bertz CT molecular complexity index is 210. The number of benzene rings is 1. The van der Waals surface area contributed by atoms with Crippen LogP contribution < -0.4 is 5.32 Å². The summed E-state index contributed by atoms with van der Waals surface area (Å²) in [5.41, 5.74) is 1.14. The predicted molar refractivity (Wildman–Crippen MR) is 49.6 cm³/mol. The van der Waals surface area contributed by atoms with Crippen LogP contribution in [0.4, 0.5) is 0 Å². The maximum absolute atomic E-state index is 8.57. The van der Waals surface area contributed by atoms with Gasteiger partial charge in [0, 0.05) is 12.6 Å². The second kappa shape index (κ2) is 4.91. The molecule has 65 valence electrons. The third-order valence-electron chi connectivity index (χ3n) is 1.70. The van der Waals surface area contributed by atoms with E-state index < -0.39 is 0 Å². The molecule has 1 unspecified atom stereocenters. The van der Waals surface area contributed by atoms with Crippen molar-refractivity contribution < 1.29 is 5.11 Å². The standard InChI is InChI=1S/C10H14NO/c1-9(11-7-8-12)10-5-3-2-4-6-10/h2-6,9,11-12H,1,7-8H2. The van der Waals surface area contributed by atoms with Crippen molar-refractivity contribution in [2.45, 2.75) is 6.04 Å². The zero-order chi connectivity index (χ0) is 8.81. The van der Waals surface area contributed by atoms with Crippen molar-refractivity contribution in [2.75, 3.05) is 13.2 Å². The second-order valence-electron chi connectivity index (χ2n) is 2.64. The fourth-order valence-corrected chi connectivity index (χ4v) is 1.04. The summed E-state index contributed by atoms with van der Waals surface area (Å²) < 4.78 is 0. The molecule has 0 spiro atoms. The fraction of sp³-hybridized carbons (Fsp3) is 0.300. The quantitative estimate of drug-likeness (QED) is 0.699. The molecule has 0 saturated heterocycles. The fourth-order valence-electron chi connectivity index (χ4n) is 1.04. The van der Waals surface area contributed by atoms with Gasteiger partial charge in [0.05, 0.1) is 6.61 Å². The first-order chi connectivity index (χ1) is 5.84. The molecule has 1 radical (unpaired) electrons. The summed E-state index contributed by atoms with van der Waals surface area (Å²) in [5, 5.41) is 11.7. The lowest BCUT2D eigenvalue weighted by atomic mass is 10.1. The van der Waals surface area contributed by atoms with E-state index in [-0.39, 0.29) is 12.6 Å². The third kappa shape index (κ3) is 2.64. The number of aliphatic hydroxyl groups is 1. The molecule has 0 aliphatic heterocycles. The first kappa shape index (κ1) is 9.23. The molecule has 0 saturated carbocycles. The van der Waals surface area contributed by atoms with Crippen LogP contribution in [-0.2, 0) is 0 Å². The van der Waals surface area contributed by atoms with Crippen molar-refractivity contribution in [1.82, 2.24) is 5.32 Å². The SMILES string of the molecule is [CH2]C(NCCO)c1ccccc1. The largest absolute Gasteiger partial charge is 0.395 e. The first-order valence-corrected chi connectivity index (χ1v) is 4.07. The summed E-state index contributed by atoms with van der Waals surface area (Å²) >= 11 is 0. The minimum absolute atomic E-state index is 0.0679. The van der Waals surface area contributed by atoms with Gasteiger partial charge in [-0.05, 0) is 12.5 Å². The van der Waals surface area contributed by atoms with E-state index in [1.54, 1.807) is 0 Å². The lowest BCUT2D eigenvalue weighted by Gasteiger charge is -2.12. The highest BCUT2D eigenvalue weighted by atomic mass is 16.3. The summed E-state index contributed by atoms with van der Waals surface area (Å²) in [6, 6.07) is 10.0. The van der Waals surface area contributed by atoms with Gasteiger partial charge in [-0.25, -0.2) is 0 Å². The van der Waals surface area contributed by atoms with Crippen LogP contribution >= 0.6 is 0 Å². The lowest BCUT2D eigenvalue weighted by molar-refractivity contribution is 0.288. The molecule has 1 aromatic carbocycles. The average molecular weight is 164 g/mol. The average Bonchev–Trinajstić information content (AvgIpc) is 2.15. The molecule has 0 heterocycles. The zero-order valence-corrected chi connectivity index (χ0v) is 7.03. The summed E-state index contributed by atoms with van der Waals surface area (Å²) in [7, 11) is 0. The van der Waals surface area contributed by atoms with E-state index in [2.05, 4.69) is 12.2 Å². The second-order valence-corrected chi connectivity index (χ2v) is 2.64. The monoisotopic (exact) mass is 164 g/mol. The molecule has 0 amide bonds. The van der Waals surface area contributed by atoms with E-state index in [9.17, 15) is 0 Å². The molecule has 2 nitrogen and oxygen atoms in total. The highest BCUT2D eigenvalue weighted by Gasteiger charge is 2.01. The topological polar surface area (TPSA) is 32.3 Å². The first-order valence-electron chi connectivity index (χ1n) is 4.07. The van der Waals surface area contributed by atoms with E-state index >= 15 is 0 Å². The van der Waals surface area contributed by atoms with Crippen LogP contribution in [-0.4, -0.2) is 18.3 Å². The van der Waals surface area contributed by atoms with E-state index in [0.29, 0.717) is 6.54 Å². The maximum Gasteiger partial charge on any atom is 0.0556 e. The molecular weight excluding hydrogens is 150 g/mol. The number of hydrogen-bond acceptors (Lipinski definition) is 2.